The predicted octanol–water partition coefficient (Wildman–Crippen LogP) is 3.74. The monoisotopic (exact) mass is 361 g/mol. The highest BCUT2D eigenvalue weighted by atomic mass is 32.1. The molecule has 0 amide bonds. The molecule has 0 radical (unpaired) electrons. The van der Waals surface area contributed by atoms with Crippen molar-refractivity contribution in [3.63, 3.8) is 0 Å². The number of aromatic nitrogens is 3. The minimum absolute atomic E-state index is 0.126. The molecule has 0 fully saturated rings. The van der Waals surface area contributed by atoms with Crippen LogP contribution in [0.4, 0.5) is 5.13 Å². The Bertz CT molecular complexity index is 999. The highest BCUT2D eigenvalue weighted by molar-refractivity contribution is 7.18. The third-order valence-corrected chi connectivity index (χ3v) is 5.15. The van der Waals surface area contributed by atoms with Gasteiger partial charge in [0.15, 0.2) is 0 Å². The molecule has 130 valence electrons. The van der Waals surface area contributed by atoms with Crippen molar-refractivity contribution < 1.29 is 0 Å². The van der Waals surface area contributed by atoms with Crippen molar-refractivity contribution in [3.05, 3.63) is 72.6 Å². The minimum Gasteiger partial charge on any atom is -0.356 e. The smallest absolute Gasteiger partial charge is 0.206 e. The number of fused-ring (bicyclic) bond motifs is 1. The van der Waals surface area contributed by atoms with Crippen molar-refractivity contribution in [2.24, 2.45) is 5.73 Å². The van der Waals surface area contributed by atoms with Gasteiger partial charge in [-0.05, 0) is 29.5 Å². The summed E-state index contributed by atoms with van der Waals surface area (Å²) in [5.74, 6) is 0. The number of rotatable bonds is 6. The number of pyridine rings is 1. The average Bonchev–Trinajstić information content (AvgIpc) is 3.16. The van der Waals surface area contributed by atoms with Gasteiger partial charge in [-0.15, -0.1) is 10.2 Å². The first-order valence-corrected chi connectivity index (χ1v) is 9.31. The number of hydrogen-bond donors (Lipinski definition) is 2. The molecule has 26 heavy (non-hydrogen) atoms. The van der Waals surface area contributed by atoms with Gasteiger partial charge in [-0.2, -0.15) is 0 Å². The van der Waals surface area contributed by atoms with Crippen LogP contribution in [0.15, 0.2) is 67.0 Å². The topological polar surface area (TPSA) is 76.7 Å². The quantitative estimate of drug-likeness (QED) is 0.547. The van der Waals surface area contributed by atoms with E-state index in [2.05, 4.69) is 50.8 Å². The summed E-state index contributed by atoms with van der Waals surface area (Å²) >= 11 is 1.54. The molecule has 1 atom stereocenters. The van der Waals surface area contributed by atoms with Gasteiger partial charge in [-0.1, -0.05) is 53.8 Å². The number of benzene rings is 2. The van der Waals surface area contributed by atoms with E-state index >= 15 is 0 Å². The van der Waals surface area contributed by atoms with Crippen LogP contribution in [0.25, 0.3) is 21.3 Å². The normalized spacial score (nSPS) is 12.2. The number of hydrogen-bond acceptors (Lipinski definition) is 6. The first kappa shape index (κ1) is 16.6. The van der Waals surface area contributed by atoms with Crippen LogP contribution in [0.5, 0.6) is 0 Å². The molecule has 2 aromatic carbocycles. The Morgan fingerprint density at radius 2 is 1.88 bits per heavy atom. The molecule has 3 N–H and O–H groups in total. The van der Waals surface area contributed by atoms with Crippen LogP contribution < -0.4 is 11.1 Å². The van der Waals surface area contributed by atoms with Crippen molar-refractivity contribution in [3.8, 4) is 10.6 Å². The molecule has 0 spiro atoms. The second-order valence-corrected chi connectivity index (χ2v) is 7.09. The van der Waals surface area contributed by atoms with E-state index in [-0.39, 0.29) is 6.04 Å². The van der Waals surface area contributed by atoms with E-state index in [0.717, 1.165) is 32.9 Å². The van der Waals surface area contributed by atoms with Gasteiger partial charge in [0.1, 0.15) is 5.01 Å². The summed E-state index contributed by atoms with van der Waals surface area (Å²) < 4.78 is 0. The van der Waals surface area contributed by atoms with E-state index in [1.165, 1.54) is 5.56 Å². The van der Waals surface area contributed by atoms with Gasteiger partial charge in [-0.3, -0.25) is 4.98 Å². The molecule has 0 aliphatic rings. The van der Waals surface area contributed by atoms with Crippen LogP contribution >= 0.6 is 11.3 Å². The Kier molecular flexibility index (Phi) is 4.86. The number of nitrogens with two attached hydrogens (primary N) is 1. The third kappa shape index (κ3) is 3.71. The second kappa shape index (κ2) is 7.59. The van der Waals surface area contributed by atoms with Crippen LogP contribution in [-0.4, -0.2) is 27.8 Å². The third-order valence-electron chi connectivity index (χ3n) is 4.25. The SMILES string of the molecule is NC[C@H](Cc1ccccc1)Nc1nnc(-c2ccc3cnccc3c2)s1. The van der Waals surface area contributed by atoms with E-state index in [9.17, 15) is 0 Å². The molecule has 2 aromatic heterocycles. The average molecular weight is 361 g/mol. The zero-order valence-corrected chi connectivity index (χ0v) is 15.0. The zero-order chi connectivity index (χ0) is 17.8. The number of nitrogens with zero attached hydrogens (tertiary/aromatic N) is 3. The molecule has 4 rings (SSSR count). The molecule has 0 unspecified atom stereocenters. The van der Waals surface area contributed by atoms with Gasteiger partial charge in [0.05, 0.1) is 0 Å². The molecule has 6 heteroatoms. The number of anilines is 1. The minimum atomic E-state index is 0.126. The van der Waals surface area contributed by atoms with E-state index in [1.54, 1.807) is 17.5 Å². The van der Waals surface area contributed by atoms with Gasteiger partial charge >= 0.3 is 0 Å². The summed E-state index contributed by atoms with van der Waals surface area (Å²) in [6.45, 7) is 0.535. The molecular weight excluding hydrogens is 342 g/mol. The van der Waals surface area contributed by atoms with Crippen LogP contribution in [0.1, 0.15) is 5.56 Å². The summed E-state index contributed by atoms with van der Waals surface area (Å²) in [6.07, 6.45) is 4.52. The predicted molar refractivity (Wildman–Crippen MR) is 107 cm³/mol. The van der Waals surface area contributed by atoms with E-state index in [1.807, 2.05) is 30.5 Å². The molecule has 0 aliphatic carbocycles. The van der Waals surface area contributed by atoms with E-state index in [4.69, 9.17) is 5.73 Å². The van der Waals surface area contributed by atoms with Gasteiger partial charge < -0.3 is 11.1 Å². The lowest BCUT2D eigenvalue weighted by Crippen LogP contribution is -2.30. The molecule has 5 nitrogen and oxygen atoms in total. The van der Waals surface area contributed by atoms with Crippen molar-refractivity contribution >= 4 is 27.2 Å². The maximum Gasteiger partial charge on any atom is 0.206 e. The summed E-state index contributed by atoms with van der Waals surface area (Å²) in [4.78, 5) is 4.15. The fourth-order valence-electron chi connectivity index (χ4n) is 2.88. The molecule has 0 saturated heterocycles. The van der Waals surface area contributed by atoms with E-state index < -0.39 is 0 Å². The largest absolute Gasteiger partial charge is 0.356 e. The van der Waals surface area contributed by atoms with Crippen LogP contribution in [0.2, 0.25) is 0 Å². The Balaban J connectivity index is 1.51. The fraction of sp³-hybridized carbons (Fsp3) is 0.150. The summed E-state index contributed by atoms with van der Waals surface area (Å²) in [7, 11) is 0. The first-order chi connectivity index (χ1) is 12.8. The molecule has 4 aromatic rings. The van der Waals surface area contributed by atoms with Gasteiger partial charge in [0, 0.05) is 35.9 Å². The maximum atomic E-state index is 5.94. The second-order valence-electron chi connectivity index (χ2n) is 6.12. The highest BCUT2D eigenvalue weighted by Gasteiger charge is 2.12. The molecule has 0 saturated carbocycles. The molecule has 2 heterocycles. The van der Waals surface area contributed by atoms with Gasteiger partial charge in [-0.25, -0.2) is 0 Å². The Morgan fingerprint density at radius 3 is 2.73 bits per heavy atom. The number of nitrogens with one attached hydrogen (secondary N) is 1. The zero-order valence-electron chi connectivity index (χ0n) is 14.2. The van der Waals surface area contributed by atoms with Crippen LogP contribution in [-0.2, 0) is 6.42 Å². The van der Waals surface area contributed by atoms with Crippen LogP contribution in [0, 0.1) is 0 Å². The van der Waals surface area contributed by atoms with Crippen molar-refractivity contribution in [1.29, 1.82) is 0 Å². The van der Waals surface area contributed by atoms with Crippen molar-refractivity contribution in [2.75, 3.05) is 11.9 Å². The molecule has 0 aliphatic heterocycles. The summed E-state index contributed by atoms with van der Waals surface area (Å²) in [5.41, 5.74) is 8.25. The Hall–Kier alpha value is -2.83. The van der Waals surface area contributed by atoms with Crippen LogP contribution in [0.3, 0.4) is 0 Å². The standard InChI is InChI=1S/C20H19N5S/c21-12-18(10-14-4-2-1-3-5-14)23-20-25-24-19(26-20)16-6-7-17-13-22-9-8-15(17)11-16/h1-9,11,13,18H,10,12,21H2,(H,23,25)/t18-/m0/s1. The molecular formula is C20H19N5S. The lowest BCUT2D eigenvalue weighted by Gasteiger charge is -2.15. The lowest BCUT2D eigenvalue weighted by atomic mass is 10.1. The first-order valence-electron chi connectivity index (χ1n) is 8.50. The highest BCUT2D eigenvalue weighted by Crippen LogP contribution is 2.29. The maximum absolute atomic E-state index is 5.94. The Labute approximate surface area is 155 Å². The fourth-order valence-corrected chi connectivity index (χ4v) is 3.70. The summed E-state index contributed by atoms with van der Waals surface area (Å²) in [6, 6.07) is 18.7. The summed E-state index contributed by atoms with van der Waals surface area (Å²) in [5, 5.41) is 16.0. The van der Waals surface area contributed by atoms with Gasteiger partial charge in [0.25, 0.3) is 0 Å². The van der Waals surface area contributed by atoms with E-state index in [0.29, 0.717) is 6.54 Å². The van der Waals surface area contributed by atoms with Crippen molar-refractivity contribution in [1.82, 2.24) is 15.2 Å². The lowest BCUT2D eigenvalue weighted by molar-refractivity contribution is 0.721. The molecule has 0 bridgehead atoms. The van der Waals surface area contributed by atoms with Crippen molar-refractivity contribution in [2.45, 2.75) is 12.5 Å². The Morgan fingerprint density at radius 1 is 1.00 bits per heavy atom. The van der Waals surface area contributed by atoms with Gasteiger partial charge in [0.2, 0.25) is 5.13 Å².